The number of allylic oxidation sites excluding steroid dienone is 1. The minimum atomic E-state index is -0.00648. The Bertz CT molecular complexity index is 384. The van der Waals surface area contributed by atoms with Gasteiger partial charge in [0.2, 0.25) is 0 Å². The van der Waals surface area contributed by atoms with Crippen molar-refractivity contribution in [2.24, 2.45) is 12.8 Å². The molecule has 2 rings (SSSR count). The van der Waals surface area contributed by atoms with Crippen LogP contribution in [0.4, 0.5) is 0 Å². The lowest BCUT2D eigenvalue weighted by atomic mass is 9.94. The van der Waals surface area contributed by atoms with E-state index in [1.807, 2.05) is 11.7 Å². The number of nitrogens with zero attached hydrogens (tertiary/aromatic N) is 2. The Morgan fingerprint density at radius 1 is 1.29 bits per heavy atom. The van der Waals surface area contributed by atoms with Gasteiger partial charge in [-0.3, -0.25) is 4.68 Å². The van der Waals surface area contributed by atoms with Gasteiger partial charge >= 0.3 is 0 Å². The minimum absolute atomic E-state index is 0.00648. The van der Waals surface area contributed by atoms with Crippen LogP contribution in [0.5, 0.6) is 0 Å². The summed E-state index contributed by atoms with van der Waals surface area (Å²) >= 11 is 0. The van der Waals surface area contributed by atoms with Gasteiger partial charge in [-0.1, -0.05) is 24.5 Å². The molecule has 17 heavy (non-hydrogen) atoms. The summed E-state index contributed by atoms with van der Waals surface area (Å²) in [7, 11) is 1.97. The predicted octanol–water partition coefficient (Wildman–Crippen LogP) is 3.01. The summed E-state index contributed by atoms with van der Waals surface area (Å²) in [6.07, 6.45) is 9.93. The van der Waals surface area contributed by atoms with Crippen molar-refractivity contribution in [2.45, 2.75) is 51.5 Å². The fourth-order valence-electron chi connectivity index (χ4n) is 2.43. The monoisotopic (exact) mass is 233 g/mol. The van der Waals surface area contributed by atoms with Crippen LogP contribution in [0.1, 0.15) is 56.0 Å². The summed E-state index contributed by atoms with van der Waals surface area (Å²) < 4.78 is 1.90. The first-order valence-corrected chi connectivity index (χ1v) is 6.63. The standard InChI is InChI=1S/C14H23N3/c1-11-10-13(16-17(11)2)14(15)12-8-6-4-3-5-7-9-12/h8,10,14H,3-7,9,15H2,1-2H3. The van der Waals surface area contributed by atoms with Gasteiger partial charge in [0.05, 0.1) is 11.7 Å². The van der Waals surface area contributed by atoms with Crippen LogP contribution < -0.4 is 5.73 Å². The van der Waals surface area contributed by atoms with E-state index in [1.165, 1.54) is 43.4 Å². The van der Waals surface area contributed by atoms with Gasteiger partial charge in [0.15, 0.2) is 0 Å². The molecule has 0 bridgehead atoms. The lowest BCUT2D eigenvalue weighted by molar-refractivity contribution is 0.595. The van der Waals surface area contributed by atoms with E-state index >= 15 is 0 Å². The highest BCUT2D eigenvalue weighted by Crippen LogP contribution is 2.26. The molecule has 0 radical (unpaired) electrons. The van der Waals surface area contributed by atoms with E-state index in [0.29, 0.717) is 0 Å². The molecule has 1 heterocycles. The molecule has 0 amide bonds. The van der Waals surface area contributed by atoms with Crippen LogP contribution in [0.15, 0.2) is 17.7 Å². The van der Waals surface area contributed by atoms with E-state index < -0.39 is 0 Å². The third-order valence-electron chi connectivity index (χ3n) is 3.68. The molecule has 0 aliphatic heterocycles. The van der Waals surface area contributed by atoms with Gasteiger partial charge in [0.25, 0.3) is 0 Å². The predicted molar refractivity (Wildman–Crippen MR) is 70.7 cm³/mol. The molecule has 3 heteroatoms. The Morgan fingerprint density at radius 3 is 2.76 bits per heavy atom. The van der Waals surface area contributed by atoms with Crippen molar-refractivity contribution >= 4 is 0 Å². The van der Waals surface area contributed by atoms with Gasteiger partial charge in [-0.25, -0.2) is 0 Å². The summed E-state index contributed by atoms with van der Waals surface area (Å²) in [5, 5.41) is 4.49. The average Bonchev–Trinajstić information content (AvgIpc) is 2.58. The smallest absolute Gasteiger partial charge is 0.0836 e. The maximum absolute atomic E-state index is 6.33. The largest absolute Gasteiger partial charge is 0.319 e. The highest BCUT2D eigenvalue weighted by atomic mass is 15.3. The number of hydrogen-bond acceptors (Lipinski definition) is 2. The number of aromatic nitrogens is 2. The Kier molecular flexibility index (Phi) is 4.00. The highest BCUT2D eigenvalue weighted by molar-refractivity contribution is 5.23. The van der Waals surface area contributed by atoms with E-state index in [0.717, 1.165) is 12.1 Å². The van der Waals surface area contributed by atoms with Gasteiger partial charge in [0, 0.05) is 12.7 Å². The highest BCUT2D eigenvalue weighted by Gasteiger charge is 2.16. The number of aryl methyl sites for hydroxylation is 2. The average molecular weight is 233 g/mol. The maximum Gasteiger partial charge on any atom is 0.0836 e. The molecule has 1 aromatic rings. The Morgan fingerprint density at radius 2 is 2.06 bits per heavy atom. The lowest BCUT2D eigenvalue weighted by Gasteiger charge is -2.16. The van der Waals surface area contributed by atoms with Gasteiger partial charge < -0.3 is 5.73 Å². The zero-order chi connectivity index (χ0) is 12.3. The Hall–Kier alpha value is -1.09. The quantitative estimate of drug-likeness (QED) is 0.798. The van der Waals surface area contributed by atoms with Crippen molar-refractivity contribution < 1.29 is 0 Å². The minimum Gasteiger partial charge on any atom is -0.319 e. The molecule has 1 aliphatic carbocycles. The van der Waals surface area contributed by atoms with Crippen molar-refractivity contribution in [3.63, 3.8) is 0 Å². The molecule has 0 spiro atoms. The third kappa shape index (κ3) is 2.97. The molecule has 0 fully saturated rings. The molecular weight excluding hydrogens is 210 g/mol. The van der Waals surface area contributed by atoms with Crippen molar-refractivity contribution in [2.75, 3.05) is 0 Å². The fourth-order valence-corrected chi connectivity index (χ4v) is 2.43. The Balaban J connectivity index is 2.14. The molecule has 1 aromatic heterocycles. The number of nitrogens with two attached hydrogens (primary N) is 1. The molecule has 0 saturated heterocycles. The van der Waals surface area contributed by atoms with E-state index in [2.05, 4.69) is 24.2 Å². The van der Waals surface area contributed by atoms with Gasteiger partial charge in [0.1, 0.15) is 0 Å². The summed E-state index contributed by atoms with van der Waals surface area (Å²) in [4.78, 5) is 0. The second kappa shape index (κ2) is 5.50. The SMILES string of the molecule is Cc1cc(C(N)C2=CCCCCCC2)nn1C. The maximum atomic E-state index is 6.33. The van der Waals surface area contributed by atoms with Gasteiger partial charge in [-0.15, -0.1) is 0 Å². The molecular formula is C14H23N3. The first kappa shape index (κ1) is 12.4. The summed E-state index contributed by atoms with van der Waals surface area (Å²) in [6.45, 7) is 2.07. The van der Waals surface area contributed by atoms with Crippen LogP contribution in [0.25, 0.3) is 0 Å². The van der Waals surface area contributed by atoms with Gasteiger partial charge in [-0.2, -0.15) is 5.10 Å². The molecule has 94 valence electrons. The van der Waals surface area contributed by atoms with Crippen LogP contribution in [-0.4, -0.2) is 9.78 Å². The van der Waals surface area contributed by atoms with E-state index in [9.17, 15) is 0 Å². The van der Waals surface area contributed by atoms with Crippen molar-refractivity contribution in [3.8, 4) is 0 Å². The third-order valence-corrected chi connectivity index (χ3v) is 3.68. The molecule has 1 aliphatic rings. The molecule has 0 saturated carbocycles. The fraction of sp³-hybridized carbons (Fsp3) is 0.643. The molecule has 0 aromatic carbocycles. The summed E-state index contributed by atoms with van der Waals surface area (Å²) in [5.74, 6) is 0. The van der Waals surface area contributed by atoms with E-state index in [1.54, 1.807) is 0 Å². The number of hydrogen-bond donors (Lipinski definition) is 1. The topological polar surface area (TPSA) is 43.8 Å². The summed E-state index contributed by atoms with van der Waals surface area (Å²) in [6, 6.07) is 2.09. The van der Waals surface area contributed by atoms with Crippen molar-refractivity contribution in [1.29, 1.82) is 0 Å². The van der Waals surface area contributed by atoms with Gasteiger partial charge in [-0.05, 0) is 38.7 Å². The molecule has 3 nitrogen and oxygen atoms in total. The zero-order valence-electron chi connectivity index (χ0n) is 10.9. The lowest BCUT2D eigenvalue weighted by Crippen LogP contribution is -2.15. The Labute approximate surface area is 104 Å². The summed E-state index contributed by atoms with van der Waals surface area (Å²) in [5.41, 5.74) is 9.89. The van der Waals surface area contributed by atoms with Crippen LogP contribution in [0.2, 0.25) is 0 Å². The van der Waals surface area contributed by atoms with E-state index in [4.69, 9.17) is 5.73 Å². The second-order valence-corrected chi connectivity index (χ2v) is 5.04. The van der Waals surface area contributed by atoms with Crippen LogP contribution in [0.3, 0.4) is 0 Å². The number of rotatable bonds is 2. The zero-order valence-corrected chi connectivity index (χ0v) is 10.9. The second-order valence-electron chi connectivity index (χ2n) is 5.04. The van der Waals surface area contributed by atoms with E-state index in [-0.39, 0.29) is 6.04 Å². The van der Waals surface area contributed by atoms with Crippen LogP contribution in [0, 0.1) is 6.92 Å². The van der Waals surface area contributed by atoms with Crippen molar-refractivity contribution in [1.82, 2.24) is 9.78 Å². The molecule has 2 N–H and O–H groups in total. The first-order valence-electron chi connectivity index (χ1n) is 6.63. The van der Waals surface area contributed by atoms with Crippen molar-refractivity contribution in [3.05, 3.63) is 29.1 Å². The van der Waals surface area contributed by atoms with Crippen LogP contribution in [-0.2, 0) is 7.05 Å². The van der Waals surface area contributed by atoms with Crippen LogP contribution >= 0.6 is 0 Å². The molecule has 1 atom stereocenters. The first-order chi connectivity index (χ1) is 8.18. The molecule has 1 unspecified atom stereocenters. The normalized spacial score (nSPS) is 19.4.